The number of rotatable bonds is 7. The maximum absolute atomic E-state index is 13.4. The molecule has 182 valence electrons. The summed E-state index contributed by atoms with van der Waals surface area (Å²) in [5, 5.41) is 11.1. The number of likely N-dealkylation sites (N-methyl/N-ethyl adjacent to an activating group) is 1. The van der Waals surface area contributed by atoms with Crippen LogP contribution >= 0.6 is 22.9 Å². The van der Waals surface area contributed by atoms with Crippen LogP contribution in [-0.2, 0) is 11.3 Å². The van der Waals surface area contributed by atoms with Crippen molar-refractivity contribution >= 4 is 45.7 Å². The molecule has 1 saturated heterocycles. The molecule has 1 aliphatic heterocycles. The summed E-state index contributed by atoms with van der Waals surface area (Å²) in [6, 6.07) is 15.5. The fraction of sp³-hybridized carbons (Fsp3) is 0.320. The molecular weight excluding hydrogens is 486 g/mol. The molecule has 1 aliphatic rings. The highest BCUT2D eigenvalue weighted by atomic mass is 35.5. The van der Waals surface area contributed by atoms with Crippen molar-refractivity contribution in [1.82, 2.24) is 25.3 Å². The molecule has 4 heterocycles. The van der Waals surface area contributed by atoms with Gasteiger partial charge in [-0.05, 0) is 37.1 Å². The minimum atomic E-state index is -0.111. The summed E-state index contributed by atoms with van der Waals surface area (Å²) in [4.78, 5) is 28.0. The number of nitrogens with zero attached hydrogens (tertiary/aromatic N) is 3. The molecule has 0 aliphatic carbocycles. The quantitative estimate of drug-likeness (QED) is 0.391. The van der Waals surface area contributed by atoms with Gasteiger partial charge in [0.1, 0.15) is 11.4 Å². The topological polar surface area (TPSA) is 92.4 Å². The number of nitrogens with one attached hydrogen (secondary N) is 2. The average molecular weight is 512 g/mol. The number of likely N-dealkylation sites (tertiary alicyclic amines) is 1. The van der Waals surface area contributed by atoms with Crippen molar-refractivity contribution < 1.29 is 14.1 Å². The third-order valence-electron chi connectivity index (χ3n) is 6.31. The first-order chi connectivity index (χ1) is 17.0. The minimum absolute atomic E-state index is 0.00944. The van der Waals surface area contributed by atoms with Gasteiger partial charge in [0.2, 0.25) is 5.91 Å². The van der Waals surface area contributed by atoms with Crippen molar-refractivity contribution in [3.8, 4) is 10.6 Å². The van der Waals surface area contributed by atoms with Crippen LogP contribution in [0.25, 0.3) is 21.5 Å². The number of fused-ring (bicyclic) bond motifs is 1. The lowest BCUT2D eigenvalue weighted by molar-refractivity contribution is -0.122. The summed E-state index contributed by atoms with van der Waals surface area (Å²) in [5.74, 6) is 0.553. The van der Waals surface area contributed by atoms with Gasteiger partial charge >= 0.3 is 0 Å². The van der Waals surface area contributed by atoms with Gasteiger partial charge in [0, 0.05) is 43.1 Å². The van der Waals surface area contributed by atoms with Gasteiger partial charge in [-0.25, -0.2) is 0 Å². The third kappa shape index (κ3) is 5.27. The molecule has 0 spiro atoms. The van der Waals surface area contributed by atoms with E-state index in [1.165, 1.54) is 11.3 Å². The fourth-order valence-electron chi connectivity index (χ4n) is 4.46. The van der Waals surface area contributed by atoms with Crippen molar-refractivity contribution in [1.29, 1.82) is 0 Å². The first-order valence-electron chi connectivity index (χ1n) is 11.5. The van der Waals surface area contributed by atoms with E-state index in [2.05, 4.69) is 20.7 Å². The Hall–Kier alpha value is -3.14. The molecule has 5 rings (SSSR count). The molecule has 0 unspecified atom stereocenters. The first kappa shape index (κ1) is 23.6. The van der Waals surface area contributed by atoms with Crippen LogP contribution in [0.15, 0.2) is 53.1 Å². The Morgan fingerprint density at radius 3 is 2.71 bits per heavy atom. The Balaban J connectivity index is 1.32. The molecular formula is C25H26ClN5O3S. The lowest BCUT2D eigenvalue weighted by atomic mass is 10.0. The van der Waals surface area contributed by atoms with E-state index >= 15 is 0 Å². The monoisotopic (exact) mass is 511 g/mol. The Bertz CT molecular complexity index is 1350. The van der Waals surface area contributed by atoms with Crippen LogP contribution in [0.1, 0.15) is 29.0 Å². The van der Waals surface area contributed by atoms with Gasteiger partial charge in [0.25, 0.3) is 5.91 Å². The Morgan fingerprint density at radius 2 is 1.97 bits per heavy atom. The van der Waals surface area contributed by atoms with Crippen LogP contribution in [-0.4, -0.2) is 59.2 Å². The summed E-state index contributed by atoms with van der Waals surface area (Å²) < 4.78 is 8.22. The Morgan fingerprint density at radius 1 is 1.17 bits per heavy atom. The van der Waals surface area contributed by atoms with E-state index in [9.17, 15) is 9.59 Å². The zero-order chi connectivity index (χ0) is 24.4. The summed E-state index contributed by atoms with van der Waals surface area (Å²) >= 11 is 7.49. The van der Waals surface area contributed by atoms with Gasteiger partial charge in [-0.15, -0.1) is 11.3 Å². The largest absolute Gasteiger partial charge is 0.358 e. The molecule has 4 aromatic rings. The molecule has 0 atom stereocenters. The number of carbonyl (C=O) groups is 2. The maximum Gasteiger partial charge on any atom is 0.268 e. The minimum Gasteiger partial charge on any atom is -0.358 e. The highest BCUT2D eigenvalue weighted by Gasteiger charge is 2.24. The molecule has 1 fully saturated rings. The van der Waals surface area contributed by atoms with E-state index in [0.29, 0.717) is 28.9 Å². The number of thiophene rings is 1. The number of hydrogen-bond acceptors (Lipinski definition) is 6. The number of piperidine rings is 1. The van der Waals surface area contributed by atoms with Crippen molar-refractivity contribution in [2.75, 3.05) is 26.7 Å². The van der Waals surface area contributed by atoms with Crippen LogP contribution in [0.2, 0.25) is 4.34 Å². The van der Waals surface area contributed by atoms with Crippen LogP contribution in [0, 0.1) is 0 Å². The maximum atomic E-state index is 13.4. The first-order valence-corrected chi connectivity index (χ1v) is 12.7. The van der Waals surface area contributed by atoms with Crippen molar-refractivity contribution in [2.24, 2.45) is 0 Å². The molecule has 2 amide bonds. The lowest BCUT2D eigenvalue weighted by Crippen LogP contribution is -2.47. The smallest absolute Gasteiger partial charge is 0.268 e. The predicted octanol–water partition coefficient (Wildman–Crippen LogP) is 4.00. The normalized spacial score (nSPS) is 14.9. The van der Waals surface area contributed by atoms with E-state index in [4.69, 9.17) is 16.1 Å². The molecule has 35 heavy (non-hydrogen) atoms. The second-order valence-corrected chi connectivity index (χ2v) is 10.4. The standard InChI is InChI=1S/C25H26ClN5O3S/c1-27-24(32)15-30-10-8-17(9-11-30)28-25(33)20-12-16-4-2-3-5-19(16)31(20)14-18-13-21(34-29-18)22-6-7-23(26)35-22/h2-7,12-13,17H,8-11,14-15H2,1H3,(H,27,32)(H,28,33). The summed E-state index contributed by atoms with van der Waals surface area (Å²) in [6.07, 6.45) is 1.61. The zero-order valence-corrected chi connectivity index (χ0v) is 20.9. The number of carbonyl (C=O) groups excluding carboxylic acids is 2. The fourth-order valence-corrected chi connectivity index (χ4v) is 5.45. The van der Waals surface area contributed by atoms with Crippen molar-refractivity contribution in [3.05, 3.63) is 64.3 Å². The van der Waals surface area contributed by atoms with E-state index in [1.54, 1.807) is 7.05 Å². The Kier molecular flexibility index (Phi) is 6.90. The van der Waals surface area contributed by atoms with Gasteiger partial charge < -0.3 is 19.7 Å². The number of aromatic nitrogens is 2. The van der Waals surface area contributed by atoms with Crippen LogP contribution in [0.5, 0.6) is 0 Å². The van der Waals surface area contributed by atoms with Gasteiger partial charge in [0.15, 0.2) is 5.76 Å². The van der Waals surface area contributed by atoms with Crippen LogP contribution < -0.4 is 10.6 Å². The molecule has 1 aromatic carbocycles. The molecule has 0 radical (unpaired) electrons. The van der Waals surface area contributed by atoms with E-state index in [0.717, 1.165) is 47.4 Å². The summed E-state index contributed by atoms with van der Waals surface area (Å²) in [6.45, 7) is 2.35. The molecule has 0 saturated carbocycles. The number of hydrogen-bond donors (Lipinski definition) is 2. The van der Waals surface area contributed by atoms with Gasteiger partial charge in [0.05, 0.1) is 22.3 Å². The highest BCUT2D eigenvalue weighted by Crippen LogP contribution is 2.32. The SMILES string of the molecule is CNC(=O)CN1CCC(NC(=O)c2cc3ccccc3n2Cc2cc(-c3ccc(Cl)s3)on2)CC1. The van der Waals surface area contributed by atoms with Crippen molar-refractivity contribution in [2.45, 2.75) is 25.4 Å². The molecule has 0 bridgehead atoms. The van der Waals surface area contributed by atoms with Crippen LogP contribution in [0.3, 0.4) is 0 Å². The van der Waals surface area contributed by atoms with Crippen LogP contribution in [0.4, 0.5) is 0 Å². The van der Waals surface area contributed by atoms with Gasteiger partial charge in [-0.2, -0.15) is 0 Å². The molecule has 8 nitrogen and oxygen atoms in total. The number of amides is 2. The zero-order valence-electron chi connectivity index (χ0n) is 19.3. The molecule has 3 aromatic heterocycles. The highest BCUT2D eigenvalue weighted by molar-refractivity contribution is 7.19. The molecule has 2 N–H and O–H groups in total. The van der Waals surface area contributed by atoms with Gasteiger partial charge in [-0.1, -0.05) is 35.0 Å². The predicted molar refractivity (Wildman–Crippen MR) is 137 cm³/mol. The third-order valence-corrected chi connectivity index (χ3v) is 7.55. The average Bonchev–Trinajstić information content (AvgIpc) is 3.59. The van der Waals surface area contributed by atoms with Gasteiger partial charge in [-0.3, -0.25) is 14.5 Å². The second kappa shape index (κ2) is 10.2. The number of para-hydroxylation sites is 1. The van der Waals surface area contributed by atoms with Crippen molar-refractivity contribution in [3.63, 3.8) is 0 Å². The second-order valence-electron chi connectivity index (χ2n) is 8.66. The lowest BCUT2D eigenvalue weighted by Gasteiger charge is -2.31. The number of benzene rings is 1. The number of halogens is 1. The van der Waals surface area contributed by atoms with E-state index in [-0.39, 0.29) is 17.9 Å². The summed E-state index contributed by atoms with van der Waals surface area (Å²) in [7, 11) is 1.64. The van der Waals surface area contributed by atoms with E-state index in [1.807, 2.05) is 53.1 Å². The molecule has 10 heteroatoms. The van der Waals surface area contributed by atoms with E-state index < -0.39 is 0 Å². The summed E-state index contributed by atoms with van der Waals surface area (Å²) in [5.41, 5.74) is 2.27. The Labute approximate surface area is 211 Å².